The third-order valence-electron chi connectivity index (χ3n) is 8.23. The molecule has 7 nitrogen and oxygen atoms in total. The lowest BCUT2D eigenvalue weighted by Gasteiger charge is -2.42. The molecule has 1 aliphatic heterocycles. The number of ether oxygens (including phenoxy) is 1. The van der Waals surface area contributed by atoms with Gasteiger partial charge in [-0.05, 0) is 53.9 Å². The molecule has 7 heteroatoms. The Bertz CT molecular complexity index is 1110. The number of carboxylic acids is 1. The minimum atomic E-state index is -0.873. The molecule has 1 heterocycles. The number of nitrogens with zero attached hydrogens (tertiary/aromatic N) is 1. The zero-order chi connectivity index (χ0) is 24.6. The fourth-order valence-electron chi connectivity index (χ4n) is 5.78. The van der Waals surface area contributed by atoms with Gasteiger partial charge in [0.1, 0.15) is 6.61 Å². The van der Waals surface area contributed by atoms with Gasteiger partial charge in [-0.1, -0.05) is 55.0 Å². The van der Waals surface area contributed by atoms with Gasteiger partial charge in [-0.2, -0.15) is 0 Å². The summed E-state index contributed by atoms with van der Waals surface area (Å²) in [5.41, 5.74) is 3.56. The van der Waals surface area contributed by atoms with Gasteiger partial charge in [0.15, 0.2) is 0 Å². The highest BCUT2D eigenvalue weighted by atomic mass is 16.5. The summed E-state index contributed by atoms with van der Waals surface area (Å²) in [6.07, 6.45) is 3.08. The highest BCUT2D eigenvalue weighted by molar-refractivity contribution is 5.81. The summed E-state index contributed by atoms with van der Waals surface area (Å²) >= 11 is 0. The second-order valence-corrected chi connectivity index (χ2v) is 10.6. The van der Waals surface area contributed by atoms with Gasteiger partial charge >= 0.3 is 12.1 Å². The zero-order valence-electron chi connectivity index (χ0n) is 20.1. The Balaban J connectivity index is 1.15. The fraction of sp³-hybridized carbons (Fsp3) is 0.464. The van der Waals surface area contributed by atoms with E-state index in [2.05, 4.69) is 29.6 Å². The van der Waals surface area contributed by atoms with E-state index in [9.17, 15) is 19.5 Å². The highest BCUT2D eigenvalue weighted by Gasteiger charge is 2.45. The third-order valence-corrected chi connectivity index (χ3v) is 8.23. The summed E-state index contributed by atoms with van der Waals surface area (Å²) in [5.74, 6) is -0.877. The molecule has 3 aliphatic rings. The number of hydrogen-bond acceptors (Lipinski definition) is 4. The van der Waals surface area contributed by atoms with Gasteiger partial charge in [-0.3, -0.25) is 9.59 Å². The number of aliphatic carboxylic acids is 1. The molecule has 2 amide bonds. The first-order chi connectivity index (χ1) is 16.8. The second kappa shape index (κ2) is 9.02. The van der Waals surface area contributed by atoms with Crippen LogP contribution < -0.4 is 5.32 Å². The van der Waals surface area contributed by atoms with E-state index in [4.69, 9.17) is 4.74 Å². The van der Waals surface area contributed by atoms with Gasteiger partial charge in [-0.15, -0.1) is 0 Å². The number of benzene rings is 2. The van der Waals surface area contributed by atoms with Crippen LogP contribution in [0.25, 0.3) is 11.1 Å². The number of fused-ring (bicyclic) bond motifs is 3. The van der Waals surface area contributed by atoms with Crippen LogP contribution in [0.15, 0.2) is 48.5 Å². The number of rotatable bonds is 7. The SMILES string of the molecule is CC1(C(=O)O)CCN(C(=O)CC2(CNC(=O)OCC3c4ccccc4-c4ccccc43)CCC2)C1. The molecular weight excluding hydrogens is 444 g/mol. The molecule has 0 spiro atoms. The van der Waals surface area contributed by atoms with Crippen LogP contribution in [-0.4, -0.2) is 54.2 Å². The minimum absolute atomic E-state index is 0.00565. The van der Waals surface area contributed by atoms with E-state index in [0.29, 0.717) is 25.9 Å². The van der Waals surface area contributed by atoms with Crippen molar-refractivity contribution in [3.8, 4) is 11.1 Å². The molecule has 0 radical (unpaired) electrons. The van der Waals surface area contributed by atoms with Crippen LogP contribution in [-0.2, 0) is 14.3 Å². The molecule has 1 saturated carbocycles. The van der Waals surface area contributed by atoms with E-state index >= 15 is 0 Å². The lowest BCUT2D eigenvalue weighted by molar-refractivity contribution is -0.147. The molecule has 1 unspecified atom stereocenters. The number of nitrogens with one attached hydrogen (secondary N) is 1. The van der Waals surface area contributed by atoms with E-state index in [0.717, 1.165) is 19.3 Å². The Morgan fingerprint density at radius 2 is 1.66 bits per heavy atom. The van der Waals surface area contributed by atoms with Crippen LogP contribution in [0.5, 0.6) is 0 Å². The number of amides is 2. The maximum absolute atomic E-state index is 12.9. The Hall–Kier alpha value is -3.35. The number of hydrogen-bond donors (Lipinski definition) is 2. The van der Waals surface area contributed by atoms with Gasteiger partial charge in [0.05, 0.1) is 5.41 Å². The largest absolute Gasteiger partial charge is 0.481 e. The topological polar surface area (TPSA) is 95.9 Å². The van der Waals surface area contributed by atoms with Crippen LogP contribution >= 0.6 is 0 Å². The van der Waals surface area contributed by atoms with Gasteiger partial charge in [0.2, 0.25) is 5.91 Å². The van der Waals surface area contributed by atoms with Gasteiger partial charge in [0, 0.05) is 32.0 Å². The number of alkyl carbamates (subject to hydrolysis) is 1. The minimum Gasteiger partial charge on any atom is -0.481 e. The predicted octanol–water partition coefficient (Wildman–Crippen LogP) is 4.41. The van der Waals surface area contributed by atoms with Crippen molar-refractivity contribution in [2.24, 2.45) is 10.8 Å². The average Bonchev–Trinajstić information content (AvgIpc) is 3.39. The molecular formula is C28H32N2O5. The monoisotopic (exact) mass is 476 g/mol. The van der Waals surface area contributed by atoms with E-state index in [1.807, 2.05) is 24.3 Å². The number of carbonyl (C=O) groups excluding carboxylic acids is 2. The van der Waals surface area contributed by atoms with Crippen molar-refractivity contribution in [3.05, 3.63) is 59.7 Å². The summed E-state index contributed by atoms with van der Waals surface area (Å²) in [7, 11) is 0. The molecule has 1 atom stereocenters. The smallest absolute Gasteiger partial charge is 0.407 e. The van der Waals surface area contributed by atoms with Crippen LogP contribution in [0.3, 0.4) is 0 Å². The van der Waals surface area contributed by atoms with Crippen molar-refractivity contribution in [2.75, 3.05) is 26.2 Å². The number of carbonyl (C=O) groups is 3. The Morgan fingerprint density at radius 1 is 1.03 bits per heavy atom. The molecule has 1 saturated heterocycles. The van der Waals surface area contributed by atoms with Gasteiger partial charge in [-0.25, -0.2) is 4.79 Å². The molecule has 2 aromatic carbocycles. The van der Waals surface area contributed by atoms with Crippen molar-refractivity contribution in [1.29, 1.82) is 0 Å². The maximum Gasteiger partial charge on any atom is 0.407 e. The first kappa shape index (κ1) is 23.4. The van der Waals surface area contributed by atoms with E-state index in [-0.39, 0.29) is 30.4 Å². The van der Waals surface area contributed by atoms with Crippen LogP contribution in [0.4, 0.5) is 4.79 Å². The predicted molar refractivity (Wildman–Crippen MR) is 131 cm³/mol. The summed E-state index contributed by atoms with van der Waals surface area (Å²) in [5, 5.41) is 12.3. The fourth-order valence-corrected chi connectivity index (χ4v) is 5.78. The first-order valence-electron chi connectivity index (χ1n) is 12.4. The lowest BCUT2D eigenvalue weighted by atomic mass is 9.66. The third kappa shape index (κ3) is 4.40. The van der Waals surface area contributed by atoms with Crippen molar-refractivity contribution >= 4 is 18.0 Å². The summed E-state index contributed by atoms with van der Waals surface area (Å²) in [6, 6.07) is 16.4. The van der Waals surface area contributed by atoms with E-state index in [1.165, 1.54) is 22.3 Å². The normalized spacial score (nSPS) is 22.1. The quantitative estimate of drug-likeness (QED) is 0.617. The van der Waals surface area contributed by atoms with Gasteiger partial charge < -0.3 is 20.1 Å². The maximum atomic E-state index is 12.9. The van der Waals surface area contributed by atoms with Gasteiger partial charge in [0.25, 0.3) is 0 Å². The van der Waals surface area contributed by atoms with Crippen LogP contribution in [0.1, 0.15) is 56.1 Å². The molecule has 0 aromatic heterocycles. The molecule has 5 rings (SSSR count). The molecule has 2 aromatic rings. The molecule has 2 fully saturated rings. The molecule has 2 aliphatic carbocycles. The highest BCUT2D eigenvalue weighted by Crippen LogP contribution is 2.46. The molecule has 35 heavy (non-hydrogen) atoms. The summed E-state index contributed by atoms with van der Waals surface area (Å²) < 4.78 is 5.65. The average molecular weight is 477 g/mol. The molecule has 184 valence electrons. The molecule has 0 bridgehead atoms. The first-order valence-corrected chi connectivity index (χ1v) is 12.4. The number of carboxylic acid groups (broad SMARTS) is 1. The van der Waals surface area contributed by atoms with Crippen molar-refractivity contribution < 1.29 is 24.2 Å². The summed E-state index contributed by atoms with van der Waals surface area (Å²) in [4.78, 5) is 38.7. The Labute approximate surface area is 205 Å². The van der Waals surface area contributed by atoms with E-state index < -0.39 is 17.5 Å². The Kier molecular flexibility index (Phi) is 6.03. The standard InChI is InChI=1S/C28H32N2O5/c1-27(25(32)33)13-14-30(18-27)24(31)15-28(11-6-12-28)17-29-26(34)35-16-23-21-9-4-2-7-19(21)20-8-3-5-10-22(20)23/h2-5,7-10,23H,6,11-18H2,1H3,(H,29,34)(H,32,33). The van der Waals surface area contributed by atoms with Crippen LogP contribution in [0, 0.1) is 10.8 Å². The number of likely N-dealkylation sites (tertiary alicyclic amines) is 1. The van der Waals surface area contributed by atoms with Crippen LogP contribution in [0.2, 0.25) is 0 Å². The zero-order valence-corrected chi connectivity index (χ0v) is 20.1. The van der Waals surface area contributed by atoms with Crippen molar-refractivity contribution in [2.45, 2.75) is 44.9 Å². The Morgan fingerprint density at radius 3 is 2.20 bits per heavy atom. The molecule has 2 N–H and O–H groups in total. The summed E-state index contributed by atoms with van der Waals surface area (Å²) in [6.45, 7) is 3.06. The van der Waals surface area contributed by atoms with Crippen molar-refractivity contribution in [1.82, 2.24) is 10.2 Å². The van der Waals surface area contributed by atoms with E-state index in [1.54, 1.807) is 11.8 Å². The lowest BCUT2D eigenvalue weighted by Crippen LogP contribution is -2.46. The van der Waals surface area contributed by atoms with Crippen molar-refractivity contribution in [3.63, 3.8) is 0 Å². The second-order valence-electron chi connectivity index (χ2n) is 10.6.